The molecule has 0 aromatic carbocycles. The molecule has 0 bridgehead atoms. The highest BCUT2D eigenvalue weighted by Gasteiger charge is 2.34. The smallest absolute Gasteiger partial charge is 0.303 e. The van der Waals surface area contributed by atoms with Crippen LogP contribution < -0.4 is 37.6 Å². The molecule has 25 nitrogen and oxygen atoms in total. The maximum atomic E-state index is 13.5. The first-order valence-corrected chi connectivity index (χ1v) is 17.8. The average molecular weight is 834 g/mol. The van der Waals surface area contributed by atoms with Gasteiger partial charge in [-0.3, -0.25) is 57.5 Å². The quantitative estimate of drug-likeness (QED) is 0.0333. The number of aliphatic carboxylic acids is 6. The minimum absolute atomic E-state index is 0.379. The number of hydrogen-bond donors (Lipinski definition) is 13. The van der Waals surface area contributed by atoms with E-state index in [9.17, 15) is 72.9 Å². The van der Waals surface area contributed by atoms with Crippen molar-refractivity contribution in [3.05, 3.63) is 0 Å². The first kappa shape index (κ1) is 51.6. The number of carbonyl (C=O) groups is 12. The number of nitrogens with one attached hydrogen (secondary N) is 6. The lowest BCUT2D eigenvalue weighted by atomic mass is 10.0. The van der Waals surface area contributed by atoms with E-state index in [0.29, 0.717) is 0 Å². The molecule has 0 radical (unpaired) electrons. The fourth-order valence-corrected chi connectivity index (χ4v) is 4.85. The molecule has 0 unspecified atom stereocenters. The lowest BCUT2D eigenvalue weighted by Crippen LogP contribution is -2.59. The highest BCUT2D eigenvalue weighted by atomic mass is 16.4. The fourth-order valence-electron chi connectivity index (χ4n) is 4.85. The second-order valence-corrected chi connectivity index (χ2v) is 13.2. The van der Waals surface area contributed by atoms with E-state index in [2.05, 4.69) is 31.9 Å². The SMILES string of the molecule is CC(C)NC(=O)[C@H](CCC(=O)O)NC(=O)[C@H](CCC(=O)O)NC(=O)[C@H](CCC(=O)O)NC(=O)[C@H](CCC(=O)O)NC(=O)[C@H](CCC(=O)O)NC(=O)[C@@H](N)CCC(=O)O. The topological polar surface area (TPSA) is 424 Å². The molecule has 326 valence electrons. The Morgan fingerprint density at radius 1 is 0.345 bits per heavy atom. The number of carboxylic acids is 6. The summed E-state index contributed by atoms with van der Waals surface area (Å²) in [6.07, 6.45) is -7.55. The largest absolute Gasteiger partial charge is 0.481 e. The molecule has 6 atom stereocenters. The van der Waals surface area contributed by atoms with Crippen molar-refractivity contribution in [2.45, 2.75) is 133 Å². The Bertz CT molecular complexity index is 1540. The third kappa shape index (κ3) is 22.9. The van der Waals surface area contributed by atoms with Crippen LogP contribution in [0.25, 0.3) is 0 Å². The summed E-state index contributed by atoms with van der Waals surface area (Å²) in [5, 5.41) is 68.3. The molecule has 0 saturated carbocycles. The molecule has 0 spiro atoms. The van der Waals surface area contributed by atoms with Gasteiger partial charge in [-0.15, -0.1) is 0 Å². The van der Waals surface area contributed by atoms with E-state index in [1.165, 1.54) is 0 Å². The van der Waals surface area contributed by atoms with Gasteiger partial charge in [-0.1, -0.05) is 0 Å². The zero-order valence-corrected chi connectivity index (χ0v) is 31.7. The molecule has 0 heterocycles. The standard InChI is InChI=1S/C33H51N7O18/c1-15(2)35-29(54)17(4-10-23(43)44)37-31(56)19(6-12-25(47)48)39-33(58)21(8-14-27(51)52)40-32(57)20(7-13-26(49)50)38-30(55)18(5-11-24(45)46)36-28(53)16(34)3-9-22(41)42/h15-21H,3-14,34H2,1-2H3,(H,35,54)(H,36,53)(H,37,56)(H,38,55)(H,39,58)(H,40,57)(H,41,42)(H,43,44)(H,45,46)(H,47,48)(H,49,50)(H,51,52)/t16-,17-,18-,19-,20-,21-/m0/s1. The van der Waals surface area contributed by atoms with Gasteiger partial charge in [0.05, 0.1) is 6.04 Å². The molecule has 0 aliphatic heterocycles. The summed E-state index contributed by atoms with van der Waals surface area (Å²) in [5.74, 6) is -15.2. The highest BCUT2D eigenvalue weighted by Crippen LogP contribution is 2.09. The minimum Gasteiger partial charge on any atom is -0.481 e. The minimum atomic E-state index is -1.87. The average Bonchev–Trinajstić information content (AvgIpc) is 3.11. The van der Waals surface area contributed by atoms with E-state index in [-0.39, 0.29) is 6.42 Å². The second kappa shape index (κ2) is 26.5. The van der Waals surface area contributed by atoms with Crippen molar-refractivity contribution < 1.29 is 88.2 Å². The summed E-state index contributed by atoms with van der Waals surface area (Å²) in [5.41, 5.74) is 5.67. The van der Waals surface area contributed by atoms with Gasteiger partial charge in [-0.25, -0.2) is 0 Å². The maximum Gasteiger partial charge on any atom is 0.303 e. The van der Waals surface area contributed by atoms with Gasteiger partial charge in [0.15, 0.2) is 0 Å². The molecule has 0 saturated heterocycles. The fraction of sp³-hybridized carbons (Fsp3) is 0.636. The van der Waals surface area contributed by atoms with Crippen LogP contribution in [0.5, 0.6) is 0 Å². The molecule has 0 rings (SSSR count). The van der Waals surface area contributed by atoms with Crippen molar-refractivity contribution in [3.8, 4) is 0 Å². The van der Waals surface area contributed by atoms with Crippen molar-refractivity contribution >= 4 is 71.3 Å². The lowest BCUT2D eigenvalue weighted by Gasteiger charge is -2.27. The number of nitrogens with two attached hydrogens (primary N) is 1. The van der Waals surface area contributed by atoms with E-state index in [1.54, 1.807) is 13.8 Å². The molecule has 58 heavy (non-hydrogen) atoms. The van der Waals surface area contributed by atoms with Gasteiger partial charge < -0.3 is 68.3 Å². The van der Waals surface area contributed by atoms with Gasteiger partial charge in [0, 0.05) is 44.6 Å². The molecule has 0 aromatic heterocycles. The van der Waals surface area contributed by atoms with Crippen molar-refractivity contribution in [1.29, 1.82) is 0 Å². The highest BCUT2D eigenvalue weighted by molar-refractivity contribution is 5.97. The molecule has 0 fully saturated rings. The third-order valence-corrected chi connectivity index (χ3v) is 7.84. The second-order valence-electron chi connectivity index (χ2n) is 13.2. The van der Waals surface area contributed by atoms with Gasteiger partial charge in [-0.2, -0.15) is 0 Å². The van der Waals surface area contributed by atoms with Gasteiger partial charge in [0.25, 0.3) is 0 Å². The summed E-state index contributed by atoms with van der Waals surface area (Å²) < 4.78 is 0. The van der Waals surface area contributed by atoms with Crippen LogP contribution in [0.3, 0.4) is 0 Å². The zero-order chi connectivity index (χ0) is 44.7. The monoisotopic (exact) mass is 833 g/mol. The van der Waals surface area contributed by atoms with E-state index in [1.807, 2.05) is 0 Å². The van der Waals surface area contributed by atoms with Crippen LogP contribution >= 0.6 is 0 Å². The van der Waals surface area contributed by atoms with Crippen LogP contribution in [0.1, 0.15) is 90.9 Å². The number of amides is 6. The summed E-state index contributed by atoms with van der Waals surface area (Å²) in [7, 11) is 0. The van der Waals surface area contributed by atoms with Crippen LogP contribution in [0, 0.1) is 0 Å². The molecule has 6 amide bonds. The van der Waals surface area contributed by atoms with E-state index in [0.717, 1.165) is 0 Å². The lowest BCUT2D eigenvalue weighted by molar-refractivity contribution is -0.141. The summed E-state index contributed by atoms with van der Waals surface area (Å²) in [6, 6.07) is -10.6. The van der Waals surface area contributed by atoms with E-state index < -0.39 is 184 Å². The number of carboxylic acid groups (broad SMARTS) is 6. The first-order valence-electron chi connectivity index (χ1n) is 17.8. The van der Waals surface area contributed by atoms with Crippen molar-refractivity contribution in [3.63, 3.8) is 0 Å². The Morgan fingerprint density at radius 2 is 0.534 bits per heavy atom. The van der Waals surface area contributed by atoms with Crippen molar-refractivity contribution in [2.75, 3.05) is 0 Å². The van der Waals surface area contributed by atoms with Gasteiger partial charge >= 0.3 is 35.8 Å². The molecule has 0 aromatic rings. The Kier molecular flexibility index (Phi) is 23.5. The zero-order valence-electron chi connectivity index (χ0n) is 31.7. The van der Waals surface area contributed by atoms with Crippen molar-refractivity contribution in [2.24, 2.45) is 5.73 Å². The van der Waals surface area contributed by atoms with Crippen LogP contribution in [0.4, 0.5) is 0 Å². The summed E-state index contributed by atoms with van der Waals surface area (Å²) in [6.45, 7) is 3.15. The van der Waals surface area contributed by atoms with Crippen LogP contribution in [-0.2, 0) is 57.5 Å². The predicted octanol–water partition coefficient (Wildman–Crippen LogP) is -3.55. The Labute approximate surface area is 330 Å². The van der Waals surface area contributed by atoms with Gasteiger partial charge in [0.1, 0.15) is 30.2 Å². The number of carbonyl (C=O) groups excluding carboxylic acids is 6. The van der Waals surface area contributed by atoms with E-state index in [4.69, 9.17) is 21.1 Å². The molecule has 25 heteroatoms. The Hall–Kier alpha value is -6.40. The normalized spacial score (nSPS) is 13.9. The first-order chi connectivity index (χ1) is 26.9. The van der Waals surface area contributed by atoms with Crippen LogP contribution in [-0.4, -0.2) is 144 Å². The summed E-state index contributed by atoms with van der Waals surface area (Å²) in [4.78, 5) is 147. The molecular formula is C33H51N7O18. The van der Waals surface area contributed by atoms with Crippen molar-refractivity contribution in [1.82, 2.24) is 31.9 Å². The maximum absolute atomic E-state index is 13.5. The Morgan fingerprint density at radius 3 is 0.741 bits per heavy atom. The summed E-state index contributed by atoms with van der Waals surface area (Å²) >= 11 is 0. The molecule has 14 N–H and O–H groups in total. The van der Waals surface area contributed by atoms with Gasteiger partial charge in [0.2, 0.25) is 35.4 Å². The van der Waals surface area contributed by atoms with Gasteiger partial charge in [-0.05, 0) is 52.4 Å². The van der Waals surface area contributed by atoms with E-state index >= 15 is 0 Å². The predicted molar refractivity (Wildman–Crippen MR) is 192 cm³/mol. The van der Waals surface area contributed by atoms with Crippen LogP contribution in [0.15, 0.2) is 0 Å². The Balaban J connectivity index is 6.52. The number of rotatable bonds is 30. The third-order valence-electron chi connectivity index (χ3n) is 7.84. The number of hydrogen-bond acceptors (Lipinski definition) is 13. The van der Waals surface area contributed by atoms with Crippen LogP contribution in [0.2, 0.25) is 0 Å². The molecule has 0 aliphatic rings. The molecule has 0 aliphatic carbocycles. The molecular weight excluding hydrogens is 782 g/mol.